The zero-order chi connectivity index (χ0) is 12.0. The van der Waals surface area contributed by atoms with Crippen molar-refractivity contribution in [2.45, 2.75) is 20.3 Å². The van der Waals surface area contributed by atoms with Crippen LogP contribution in [0.5, 0.6) is 0 Å². The van der Waals surface area contributed by atoms with Crippen LogP contribution in [0.1, 0.15) is 19.4 Å². The maximum absolute atomic E-state index is 10.4. The van der Waals surface area contributed by atoms with Crippen LogP contribution in [0.3, 0.4) is 0 Å². The van der Waals surface area contributed by atoms with Crippen LogP contribution in [-0.2, 0) is 16.0 Å². The topological polar surface area (TPSA) is 46.2 Å². The van der Waals surface area contributed by atoms with Crippen molar-refractivity contribution >= 4 is 11.8 Å². The molecule has 0 spiro atoms. The van der Waals surface area contributed by atoms with Gasteiger partial charge >= 0.3 is 0 Å². The first kappa shape index (κ1) is 12.2. The third-order valence-electron chi connectivity index (χ3n) is 2.19. The van der Waals surface area contributed by atoms with Crippen LogP contribution in [0, 0.1) is 0 Å². The van der Waals surface area contributed by atoms with E-state index in [0.29, 0.717) is 5.57 Å². The van der Waals surface area contributed by atoms with Gasteiger partial charge in [0.2, 0.25) is 0 Å². The smallest absolute Gasteiger partial charge is 0.253 e. The number of rotatable bonds is 1. The Morgan fingerprint density at radius 3 is 2.00 bits per heavy atom. The number of hydrogen-bond acceptors (Lipinski definition) is 2. The molecule has 1 aliphatic rings. The number of benzene rings is 1. The summed E-state index contributed by atoms with van der Waals surface area (Å²) in [4.78, 5) is 20.6. The second-order valence-corrected chi connectivity index (χ2v) is 3.48. The van der Waals surface area contributed by atoms with E-state index in [0.717, 1.165) is 6.42 Å². The molecule has 16 heavy (non-hydrogen) atoms. The van der Waals surface area contributed by atoms with Crippen molar-refractivity contribution in [2.24, 2.45) is 0 Å². The Kier molecular flexibility index (Phi) is 4.45. The highest BCUT2D eigenvalue weighted by atomic mass is 16.2. The largest absolute Gasteiger partial charge is 0.289 e. The molecule has 3 nitrogen and oxygen atoms in total. The summed E-state index contributed by atoms with van der Waals surface area (Å²) in [5.41, 5.74) is 1.89. The predicted molar refractivity (Wildman–Crippen MR) is 62.7 cm³/mol. The summed E-state index contributed by atoms with van der Waals surface area (Å²) < 4.78 is 0. The molecule has 0 radical (unpaired) electrons. The number of imide groups is 1. The minimum absolute atomic E-state index is 0.282. The molecule has 0 saturated heterocycles. The first-order valence-corrected chi connectivity index (χ1v) is 5.21. The van der Waals surface area contributed by atoms with Crippen molar-refractivity contribution in [3.8, 4) is 0 Å². The second kappa shape index (κ2) is 5.85. The molecule has 1 aliphatic heterocycles. The highest BCUT2D eigenvalue weighted by Crippen LogP contribution is 1.98. The van der Waals surface area contributed by atoms with E-state index in [1.807, 2.05) is 6.07 Å². The van der Waals surface area contributed by atoms with Gasteiger partial charge in [0, 0.05) is 11.6 Å². The van der Waals surface area contributed by atoms with Crippen molar-refractivity contribution in [2.75, 3.05) is 0 Å². The molecule has 1 N–H and O–H groups in total. The summed E-state index contributed by atoms with van der Waals surface area (Å²) in [7, 11) is 0. The third-order valence-corrected chi connectivity index (χ3v) is 2.19. The molecule has 0 aromatic heterocycles. The van der Waals surface area contributed by atoms with Gasteiger partial charge in [0.15, 0.2) is 0 Å². The number of amides is 2. The van der Waals surface area contributed by atoms with E-state index >= 15 is 0 Å². The minimum atomic E-state index is -0.312. The van der Waals surface area contributed by atoms with Crippen LogP contribution in [0.4, 0.5) is 0 Å². The van der Waals surface area contributed by atoms with Gasteiger partial charge in [-0.1, -0.05) is 37.3 Å². The SMILES string of the molecule is CC1=CC(=O)NC1=O.CCc1ccccc1. The highest BCUT2D eigenvalue weighted by Gasteiger charge is 2.15. The van der Waals surface area contributed by atoms with Crippen molar-refractivity contribution in [1.82, 2.24) is 5.32 Å². The van der Waals surface area contributed by atoms with Gasteiger partial charge < -0.3 is 0 Å². The minimum Gasteiger partial charge on any atom is -0.289 e. The summed E-state index contributed by atoms with van der Waals surface area (Å²) in [6.45, 7) is 3.76. The van der Waals surface area contributed by atoms with Crippen LogP contribution in [0.2, 0.25) is 0 Å². The molecule has 1 heterocycles. The lowest BCUT2D eigenvalue weighted by Crippen LogP contribution is -2.21. The van der Waals surface area contributed by atoms with Crippen molar-refractivity contribution in [3.05, 3.63) is 47.5 Å². The van der Waals surface area contributed by atoms with Crippen LogP contribution in [0.25, 0.3) is 0 Å². The molecule has 2 amide bonds. The van der Waals surface area contributed by atoms with E-state index in [-0.39, 0.29) is 11.8 Å². The normalized spacial score (nSPS) is 13.8. The van der Waals surface area contributed by atoms with E-state index in [1.165, 1.54) is 11.6 Å². The Balaban J connectivity index is 0.000000160. The first-order chi connectivity index (χ1) is 7.63. The Morgan fingerprint density at radius 1 is 1.12 bits per heavy atom. The van der Waals surface area contributed by atoms with Gasteiger partial charge in [-0.05, 0) is 18.9 Å². The van der Waals surface area contributed by atoms with Crippen molar-refractivity contribution in [1.29, 1.82) is 0 Å². The van der Waals surface area contributed by atoms with Gasteiger partial charge in [0.1, 0.15) is 0 Å². The summed E-state index contributed by atoms with van der Waals surface area (Å²) in [6, 6.07) is 10.5. The van der Waals surface area contributed by atoms with Gasteiger partial charge in [-0.2, -0.15) is 0 Å². The number of carbonyl (C=O) groups excluding carboxylic acids is 2. The number of carbonyl (C=O) groups is 2. The van der Waals surface area contributed by atoms with Gasteiger partial charge in [-0.3, -0.25) is 14.9 Å². The molecule has 0 aliphatic carbocycles. The Labute approximate surface area is 95.2 Å². The third kappa shape index (κ3) is 3.69. The fraction of sp³-hybridized carbons (Fsp3) is 0.231. The van der Waals surface area contributed by atoms with Crippen LogP contribution >= 0.6 is 0 Å². The zero-order valence-electron chi connectivity index (χ0n) is 9.49. The monoisotopic (exact) mass is 217 g/mol. The lowest BCUT2D eigenvalue weighted by Gasteiger charge is -1.89. The molecule has 0 bridgehead atoms. The molecular formula is C13H15NO2. The van der Waals surface area contributed by atoms with Crippen LogP contribution in [0.15, 0.2) is 42.0 Å². The van der Waals surface area contributed by atoms with Gasteiger partial charge in [-0.15, -0.1) is 0 Å². The van der Waals surface area contributed by atoms with E-state index in [1.54, 1.807) is 6.92 Å². The molecule has 0 atom stereocenters. The number of nitrogens with one attached hydrogen (secondary N) is 1. The molecule has 1 aromatic rings. The number of aryl methyl sites for hydroxylation is 1. The first-order valence-electron chi connectivity index (χ1n) is 5.21. The van der Waals surface area contributed by atoms with Gasteiger partial charge in [0.05, 0.1) is 0 Å². The van der Waals surface area contributed by atoms with Crippen LogP contribution in [-0.4, -0.2) is 11.8 Å². The molecule has 0 saturated carbocycles. The van der Waals surface area contributed by atoms with Crippen molar-refractivity contribution < 1.29 is 9.59 Å². The Hall–Kier alpha value is -1.90. The van der Waals surface area contributed by atoms with E-state index in [4.69, 9.17) is 0 Å². The van der Waals surface area contributed by atoms with Crippen LogP contribution < -0.4 is 5.32 Å². The highest BCUT2D eigenvalue weighted by molar-refractivity contribution is 6.15. The maximum Gasteiger partial charge on any atom is 0.253 e. The summed E-state index contributed by atoms with van der Waals surface area (Å²) in [6.07, 6.45) is 2.42. The average Bonchev–Trinajstić information content (AvgIpc) is 2.58. The van der Waals surface area contributed by atoms with E-state index < -0.39 is 0 Å². The molecule has 3 heteroatoms. The zero-order valence-corrected chi connectivity index (χ0v) is 9.49. The molecule has 0 fully saturated rings. The standard InChI is InChI=1S/C8H10.C5H5NO2/c1-2-8-6-4-3-5-7-8;1-3-2-4(7)6-5(3)8/h3-7H,2H2,1H3;2H,1H3,(H,6,7,8). The predicted octanol–water partition coefficient (Wildman–Crippen LogP) is 1.84. The van der Waals surface area contributed by atoms with Crippen molar-refractivity contribution in [3.63, 3.8) is 0 Å². The Morgan fingerprint density at radius 2 is 1.75 bits per heavy atom. The van der Waals surface area contributed by atoms with E-state index in [2.05, 4.69) is 36.5 Å². The average molecular weight is 217 g/mol. The maximum atomic E-state index is 10.4. The molecule has 0 unspecified atom stereocenters. The fourth-order valence-electron chi connectivity index (χ4n) is 1.22. The molecule has 2 rings (SSSR count). The summed E-state index contributed by atoms with van der Waals surface area (Å²) in [5.74, 6) is -0.595. The van der Waals surface area contributed by atoms with E-state index in [9.17, 15) is 9.59 Å². The molecular weight excluding hydrogens is 202 g/mol. The summed E-state index contributed by atoms with van der Waals surface area (Å²) in [5, 5.41) is 2.10. The fourth-order valence-corrected chi connectivity index (χ4v) is 1.22. The number of hydrogen-bond donors (Lipinski definition) is 1. The lowest BCUT2D eigenvalue weighted by molar-refractivity contribution is -0.123. The Bertz CT molecular complexity index is 407. The van der Waals surface area contributed by atoms with Gasteiger partial charge in [0.25, 0.3) is 11.8 Å². The molecule has 1 aromatic carbocycles. The second-order valence-electron chi connectivity index (χ2n) is 3.48. The molecule has 84 valence electrons. The van der Waals surface area contributed by atoms with Gasteiger partial charge in [-0.25, -0.2) is 0 Å². The summed E-state index contributed by atoms with van der Waals surface area (Å²) >= 11 is 0. The quantitative estimate of drug-likeness (QED) is 0.729. The lowest BCUT2D eigenvalue weighted by atomic mass is 10.2.